The van der Waals surface area contributed by atoms with Crippen LogP contribution in [-0.2, 0) is 23.7 Å². The Morgan fingerprint density at radius 2 is 0.895 bits per heavy atom. The monoisotopic (exact) mass is 557 g/mol. The first-order chi connectivity index (χ1) is 18.0. The highest BCUT2D eigenvalue weighted by Gasteiger charge is 2.46. The molecule has 0 spiro atoms. The number of nitrogens with two attached hydrogens (primary N) is 3. The molecule has 224 valence electrons. The molecule has 3 saturated heterocycles. The van der Waals surface area contributed by atoms with E-state index in [-0.39, 0.29) is 26.4 Å². The van der Waals surface area contributed by atoms with Crippen molar-refractivity contribution in [1.29, 1.82) is 0 Å². The molecule has 38 heavy (non-hydrogen) atoms. The van der Waals surface area contributed by atoms with Gasteiger partial charge in [-0.15, -0.1) is 0 Å². The molecule has 3 aliphatic heterocycles. The molecule has 0 bridgehead atoms. The maximum absolute atomic E-state index is 10.8. The largest absolute Gasteiger partial charge is 0.394 e. The summed E-state index contributed by atoms with van der Waals surface area (Å²) in [7, 11) is 0. The zero-order valence-corrected chi connectivity index (χ0v) is 21.0. The van der Waals surface area contributed by atoms with Crippen LogP contribution in [0.15, 0.2) is 0 Å². The van der Waals surface area contributed by atoms with Gasteiger partial charge in [0.2, 0.25) is 0 Å². The zero-order valence-electron chi connectivity index (χ0n) is 21.0. The van der Waals surface area contributed by atoms with Crippen molar-refractivity contribution in [3.8, 4) is 0 Å². The number of hydrogen-bond acceptors (Lipinski definition) is 16. The molecule has 0 aromatic carbocycles. The lowest BCUT2D eigenvalue weighted by Gasteiger charge is -2.44. The summed E-state index contributed by atoms with van der Waals surface area (Å²) in [5.74, 6) is -1.47. The Bertz CT molecular complexity index is 707. The molecule has 0 saturated carbocycles. The second kappa shape index (κ2) is 14.3. The van der Waals surface area contributed by atoms with Gasteiger partial charge in [0.05, 0.1) is 101 Å². The van der Waals surface area contributed by atoms with Crippen molar-refractivity contribution in [3.05, 3.63) is 0 Å². The summed E-state index contributed by atoms with van der Waals surface area (Å²) in [5, 5.41) is 79.6. The van der Waals surface area contributed by atoms with Crippen LogP contribution < -0.4 is 17.2 Å². The van der Waals surface area contributed by atoms with Crippen molar-refractivity contribution >= 4 is 0 Å². The van der Waals surface area contributed by atoms with Crippen molar-refractivity contribution in [2.24, 2.45) is 29.0 Å². The van der Waals surface area contributed by atoms with E-state index in [1.807, 2.05) is 0 Å². The van der Waals surface area contributed by atoms with Crippen LogP contribution in [0.4, 0.5) is 0 Å². The quantitative estimate of drug-likeness (QED) is 0.112. The number of aliphatic hydroxyl groups is 8. The Labute approximate surface area is 219 Å². The third kappa shape index (κ3) is 6.98. The molecular weight excluding hydrogens is 514 g/mol. The Kier molecular flexibility index (Phi) is 12.0. The summed E-state index contributed by atoms with van der Waals surface area (Å²) < 4.78 is 27.9. The van der Waals surface area contributed by atoms with Gasteiger partial charge in [-0.3, -0.25) is 0 Å². The SMILES string of the molecule is NC1C(COCC2C(CO)OC(COCC3C(CO)OC(O)C(N)C3O)C(N)C2O)OC(CO)C(O)C1O. The van der Waals surface area contributed by atoms with Crippen LogP contribution in [0.5, 0.6) is 0 Å². The van der Waals surface area contributed by atoms with E-state index in [2.05, 4.69) is 0 Å². The fraction of sp³-hybridized carbons (Fsp3) is 1.00. The topological polar surface area (TPSA) is 286 Å². The van der Waals surface area contributed by atoms with Crippen LogP contribution in [0.1, 0.15) is 0 Å². The summed E-state index contributed by atoms with van der Waals surface area (Å²) in [6, 6.07) is -2.99. The molecule has 3 heterocycles. The Balaban J connectivity index is 1.50. The first-order valence-corrected chi connectivity index (χ1v) is 12.7. The lowest BCUT2D eigenvalue weighted by atomic mass is 9.86. The third-order valence-electron chi connectivity index (χ3n) is 7.67. The van der Waals surface area contributed by atoms with E-state index in [0.717, 1.165) is 0 Å². The standard InChI is InChI=1S/C22H43N3O13/c23-15-13(6-35-5-9-11(2-27)38-22(33)17(25)19(9)30)36-10(1-26)8(18(15)29)4-34-7-14-16(24)21(32)20(31)12(3-28)37-14/h8-22,26-33H,1-7,23-25H2. The van der Waals surface area contributed by atoms with E-state index in [4.69, 9.17) is 40.9 Å². The van der Waals surface area contributed by atoms with Gasteiger partial charge in [-0.1, -0.05) is 0 Å². The third-order valence-corrected chi connectivity index (χ3v) is 7.67. The molecule has 3 aliphatic rings. The summed E-state index contributed by atoms with van der Waals surface area (Å²) in [4.78, 5) is 0. The number of hydrogen-bond donors (Lipinski definition) is 11. The minimum absolute atomic E-state index is 0.104. The summed E-state index contributed by atoms with van der Waals surface area (Å²) in [6.07, 6.45) is -10.9. The average molecular weight is 558 g/mol. The van der Waals surface area contributed by atoms with Gasteiger partial charge < -0.3 is 81.7 Å². The molecular formula is C22H43N3O13. The molecule has 3 rings (SSSR count). The summed E-state index contributed by atoms with van der Waals surface area (Å²) in [5.41, 5.74) is 17.8. The van der Waals surface area contributed by atoms with Gasteiger partial charge in [-0.2, -0.15) is 0 Å². The number of rotatable bonds is 11. The smallest absolute Gasteiger partial charge is 0.172 e. The highest BCUT2D eigenvalue weighted by molar-refractivity contribution is 4.97. The lowest BCUT2D eigenvalue weighted by Crippen LogP contribution is -2.63. The van der Waals surface area contributed by atoms with Crippen molar-refractivity contribution in [3.63, 3.8) is 0 Å². The molecule has 0 aromatic heterocycles. The van der Waals surface area contributed by atoms with Gasteiger partial charge >= 0.3 is 0 Å². The highest BCUT2D eigenvalue weighted by Crippen LogP contribution is 2.28. The van der Waals surface area contributed by atoms with E-state index in [1.54, 1.807) is 0 Å². The van der Waals surface area contributed by atoms with E-state index in [0.29, 0.717) is 0 Å². The van der Waals surface area contributed by atoms with Crippen LogP contribution in [0.3, 0.4) is 0 Å². The molecule has 3 fully saturated rings. The molecule has 14 N–H and O–H groups in total. The minimum atomic E-state index is -1.43. The van der Waals surface area contributed by atoms with E-state index < -0.39 is 111 Å². The molecule has 15 atom stereocenters. The first-order valence-electron chi connectivity index (χ1n) is 12.7. The van der Waals surface area contributed by atoms with Gasteiger partial charge in [0.25, 0.3) is 0 Å². The van der Waals surface area contributed by atoms with Crippen LogP contribution >= 0.6 is 0 Å². The van der Waals surface area contributed by atoms with E-state index in [9.17, 15) is 40.9 Å². The minimum Gasteiger partial charge on any atom is -0.394 e. The second-order valence-electron chi connectivity index (χ2n) is 10.1. The van der Waals surface area contributed by atoms with Crippen molar-refractivity contribution in [1.82, 2.24) is 0 Å². The Morgan fingerprint density at radius 3 is 1.39 bits per heavy atom. The van der Waals surface area contributed by atoms with E-state index >= 15 is 0 Å². The fourth-order valence-corrected chi connectivity index (χ4v) is 5.11. The molecule has 16 nitrogen and oxygen atoms in total. The maximum Gasteiger partial charge on any atom is 0.172 e. The normalized spacial score (nSPS) is 48.2. The molecule has 0 aliphatic carbocycles. The zero-order chi connectivity index (χ0) is 28.1. The summed E-state index contributed by atoms with van der Waals surface area (Å²) >= 11 is 0. The number of aliphatic hydroxyl groups excluding tert-OH is 8. The predicted molar refractivity (Wildman–Crippen MR) is 126 cm³/mol. The van der Waals surface area contributed by atoms with Crippen molar-refractivity contribution in [2.45, 2.75) is 79.4 Å². The Hall–Kier alpha value is -0.640. The van der Waals surface area contributed by atoms with Gasteiger partial charge in [0, 0.05) is 11.8 Å². The summed E-state index contributed by atoms with van der Waals surface area (Å²) in [6.45, 7) is -1.91. The average Bonchev–Trinajstić information content (AvgIpc) is 2.91. The molecule has 0 aromatic rings. The van der Waals surface area contributed by atoms with Crippen molar-refractivity contribution < 1.29 is 64.5 Å². The van der Waals surface area contributed by atoms with Crippen molar-refractivity contribution in [2.75, 3.05) is 46.2 Å². The fourth-order valence-electron chi connectivity index (χ4n) is 5.11. The number of ether oxygens (including phenoxy) is 5. The van der Waals surface area contributed by atoms with Gasteiger partial charge in [-0.25, -0.2) is 0 Å². The highest BCUT2D eigenvalue weighted by atomic mass is 16.6. The van der Waals surface area contributed by atoms with Crippen LogP contribution in [0, 0.1) is 11.8 Å². The first kappa shape index (κ1) is 31.9. The van der Waals surface area contributed by atoms with E-state index in [1.165, 1.54) is 0 Å². The Morgan fingerprint density at radius 1 is 0.474 bits per heavy atom. The second-order valence-corrected chi connectivity index (χ2v) is 10.1. The maximum atomic E-state index is 10.8. The van der Waals surface area contributed by atoms with Crippen LogP contribution in [0.2, 0.25) is 0 Å². The molecule has 0 radical (unpaired) electrons. The molecule has 0 amide bonds. The van der Waals surface area contributed by atoms with Crippen LogP contribution in [0.25, 0.3) is 0 Å². The predicted octanol–water partition coefficient (Wildman–Crippen LogP) is -7.09. The molecule has 16 heteroatoms. The lowest BCUT2D eigenvalue weighted by molar-refractivity contribution is -0.243. The van der Waals surface area contributed by atoms with Gasteiger partial charge in [0.15, 0.2) is 6.29 Å². The van der Waals surface area contributed by atoms with Crippen LogP contribution in [-0.4, -0.2) is 166 Å². The molecule has 15 unspecified atom stereocenters. The van der Waals surface area contributed by atoms with Gasteiger partial charge in [0.1, 0.15) is 18.3 Å². The van der Waals surface area contributed by atoms with Gasteiger partial charge in [-0.05, 0) is 0 Å².